The van der Waals surface area contributed by atoms with Gasteiger partial charge in [0.25, 0.3) is 0 Å². The highest BCUT2D eigenvalue weighted by molar-refractivity contribution is 5.71. The molecule has 0 aliphatic heterocycles. The molecule has 0 saturated heterocycles. The highest BCUT2D eigenvalue weighted by Crippen LogP contribution is 2.18. The number of hydrogen-bond acceptors (Lipinski definition) is 6. The van der Waals surface area contributed by atoms with Crippen LogP contribution >= 0.6 is 0 Å². The van der Waals surface area contributed by atoms with Gasteiger partial charge in [-0.2, -0.15) is 0 Å². The summed E-state index contributed by atoms with van der Waals surface area (Å²) in [6.45, 7) is 11.4. The Labute approximate surface area is 399 Å². The number of rotatable bonds is 52. The van der Waals surface area contributed by atoms with E-state index in [4.69, 9.17) is 14.2 Å². The van der Waals surface area contributed by atoms with Crippen LogP contribution in [0.4, 0.5) is 0 Å². The number of carbonyl (C=O) groups is 3. The molecule has 64 heavy (non-hydrogen) atoms. The maximum Gasteiger partial charge on any atom is 0.306 e. The van der Waals surface area contributed by atoms with Gasteiger partial charge in [-0.1, -0.05) is 285 Å². The fourth-order valence-electron chi connectivity index (χ4n) is 8.84. The second-order valence-corrected chi connectivity index (χ2v) is 20.6. The molecule has 0 heterocycles. The van der Waals surface area contributed by atoms with Crippen LogP contribution in [0.15, 0.2) is 0 Å². The van der Waals surface area contributed by atoms with Crippen molar-refractivity contribution in [3.63, 3.8) is 0 Å². The van der Waals surface area contributed by atoms with Gasteiger partial charge in [0.1, 0.15) is 13.2 Å². The fourth-order valence-corrected chi connectivity index (χ4v) is 8.84. The van der Waals surface area contributed by atoms with E-state index >= 15 is 0 Å². The first-order valence-electron chi connectivity index (χ1n) is 28.8. The standard InChI is InChI=1S/C58H112O6/c1-6-8-9-10-11-12-13-14-15-19-22-28-33-38-43-48-56(59)62-51-55(52-63-57(60)49-44-39-34-29-25-24-27-32-37-42-47-54(5)7-2)64-58(61)50-45-40-35-30-23-20-17-16-18-21-26-31-36-41-46-53(3)4/h53-55H,6-52H2,1-5H3/t54?,55-/m0/s1. The van der Waals surface area contributed by atoms with Crippen molar-refractivity contribution in [1.82, 2.24) is 0 Å². The summed E-state index contributed by atoms with van der Waals surface area (Å²) in [4.78, 5) is 38.1. The van der Waals surface area contributed by atoms with E-state index in [1.54, 1.807) is 0 Å². The van der Waals surface area contributed by atoms with E-state index in [9.17, 15) is 14.4 Å². The van der Waals surface area contributed by atoms with Gasteiger partial charge in [0.15, 0.2) is 6.10 Å². The Morgan fingerprint density at radius 2 is 0.594 bits per heavy atom. The molecular formula is C58H112O6. The van der Waals surface area contributed by atoms with Gasteiger partial charge in [-0.15, -0.1) is 0 Å². The Bertz CT molecular complexity index is 980. The third-order valence-corrected chi connectivity index (χ3v) is 13.6. The molecule has 1 unspecified atom stereocenters. The van der Waals surface area contributed by atoms with Crippen molar-refractivity contribution in [1.29, 1.82) is 0 Å². The molecule has 6 nitrogen and oxygen atoms in total. The Morgan fingerprint density at radius 3 is 0.891 bits per heavy atom. The van der Waals surface area contributed by atoms with E-state index in [-0.39, 0.29) is 31.1 Å². The second kappa shape index (κ2) is 50.8. The van der Waals surface area contributed by atoms with Crippen LogP contribution in [0.1, 0.15) is 324 Å². The lowest BCUT2D eigenvalue weighted by Crippen LogP contribution is -2.30. The van der Waals surface area contributed by atoms with Gasteiger partial charge in [0.05, 0.1) is 0 Å². The van der Waals surface area contributed by atoms with E-state index in [0.717, 1.165) is 69.6 Å². The predicted octanol–water partition coefficient (Wildman–Crippen LogP) is 18.9. The van der Waals surface area contributed by atoms with Gasteiger partial charge < -0.3 is 14.2 Å². The minimum atomic E-state index is -0.763. The van der Waals surface area contributed by atoms with E-state index in [2.05, 4.69) is 34.6 Å². The zero-order valence-electron chi connectivity index (χ0n) is 43.9. The molecule has 0 bridgehead atoms. The molecule has 0 amide bonds. The molecule has 0 saturated carbocycles. The van der Waals surface area contributed by atoms with Gasteiger partial charge in [0.2, 0.25) is 0 Å². The molecule has 0 rings (SSSR count). The molecule has 0 fully saturated rings. The van der Waals surface area contributed by atoms with Crippen LogP contribution in [-0.4, -0.2) is 37.2 Å². The summed E-state index contributed by atoms with van der Waals surface area (Å²) in [6.07, 6.45) is 53.7. The number of unbranched alkanes of at least 4 members (excludes halogenated alkanes) is 36. The van der Waals surface area contributed by atoms with E-state index in [1.165, 1.54) is 212 Å². The van der Waals surface area contributed by atoms with Crippen molar-refractivity contribution in [2.24, 2.45) is 11.8 Å². The van der Waals surface area contributed by atoms with Gasteiger partial charge in [0, 0.05) is 19.3 Å². The van der Waals surface area contributed by atoms with Crippen LogP contribution in [0.25, 0.3) is 0 Å². The number of hydrogen-bond donors (Lipinski definition) is 0. The van der Waals surface area contributed by atoms with Crippen LogP contribution in [-0.2, 0) is 28.6 Å². The number of carbonyl (C=O) groups excluding carboxylic acids is 3. The third kappa shape index (κ3) is 49.8. The van der Waals surface area contributed by atoms with Crippen LogP contribution in [0, 0.1) is 11.8 Å². The summed E-state index contributed by atoms with van der Waals surface area (Å²) in [5, 5.41) is 0. The minimum absolute atomic E-state index is 0.0627. The van der Waals surface area contributed by atoms with Crippen molar-refractivity contribution < 1.29 is 28.6 Å². The third-order valence-electron chi connectivity index (χ3n) is 13.6. The van der Waals surface area contributed by atoms with Gasteiger partial charge in [-0.25, -0.2) is 0 Å². The lowest BCUT2D eigenvalue weighted by Gasteiger charge is -2.18. The van der Waals surface area contributed by atoms with Crippen molar-refractivity contribution in [2.45, 2.75) is 330 Å². The van der Waals surface area contributed by atoms with E-state index < -0.39 is 6.10 Å². The lowest BCUT2D eigenvalue weighted by atomic mass is 9.99. The molecular weight excluding hydrogens is 793 g/mol. The summed E-state index contributed by atoms with van der Waals surface area (Å²) in [7, 11) is 0. The Morgan fingerprint density at radius 1 is 0.328 bits per heavy atom. The molecule has 0 aliphatic rings. The topological polar surface area (TPSA) is 78.9 Å². The number of ether oxygens (including phenoxy) is 3. The Hall–Kier alpha value is -1.59. The van der Waals surface area contributed by atoms with Gasteiger partial charge in [-0.3, -0.25) is 14.4 Å². The molecule has 6 heteroatoms. The van der Waals surface area contributed by atoms with Crippen molar-refractivity contribution >= 4 is 17.9 Å². The molecule has 0 spiro atoms. The minimum Gasteiger partial charge on any atom is -0.462 e. The van der Waals surface area contributed by atoms with Crippen molar-refractivity contribution in [3.05, 3.63) is 0 Å². The largest absolute Gasteiger partial charge is 0.462 e. The molecule has 0 aliphatic carbocycles. The second-order valence-electron chi connectivity index (χ2n) is 20.6. The van der Waals surface area contributed by atoms with Crippen molar-refractivity contribution in [2.75, 3.05) is 13.2 Å². The Kier molecular flexibility index (Phi) is 49.6. The zero-order chi connectivity index (χ0) is 46.8. The normalized spacial score (nSPS) is 12.5. The molecule has 380 valence electrons. The van der Waals surface area contributed by atoms with Crippen molar-refractivity contribution in [3.8, 4) is 0 Å². The SMILES string of the molecule is CCCCCCCCCCCCCCCCCC(=O)OC[C@@H](COC(=O)CCCCCCCCCCCCC(C)CC)OC(=O)CCCCCCCCCCCCCCCCC(C)C. The van der Waals surface area contributed by atoms with Crippen LogP contribution in [0.5, 0.6) is 0 Å². The summed E-state index contributed by atoms with van der Waals surface area (Å²) < 4.78 is 16.9. The predicted molar refractivity (Wildman–Crippen MR) is 275 cm³/mol. The summed E-state index contributed by atoms with van der Waals surface area (Å²) in [5.41, 5.74) is 0. The molecule has 0 aromatic heterocycles. The smallest absolute Gasteiger partial charge is 0.306 e. The molecule has 0 aromatic carbocycles. The monoisotopic (exact) mass is 905 g/mol. The fraction of sp³-hybridized carbons (Fsp3) is 0.948. The van der Waals surface area contributed by atoms with E-state index in [1.807, 2.05) is 0 Å². The maximum atomic E-state index is 12.8. The van der Waals surface area contributed by atoms with Crippen LogP contribution < -0.4 is 0 Å². The summed E-state index contributed by atoms with van der Waals surface area (Å²) in [5.74, 6) is 0.873. The lowest BCUT2D eigenvalue weighted by molar-refractivity contribution is -0.167. The van der Waals surface area contributed by atoms with Crippen LogP contribution in [0.3, 0.4) is 0 Å². The average Bonchev–Trinajstić information content (AvgIpc) is 3.28. The molecule has 2 atom stereocenters. The highest BCUT2D eigenvalue weighted by Gasteiger charge is 2.19. The summed E-state index contributed by atoms with van der Waals surface area (Å²) in [6, 6.07) is 0. The first-order chi connectivity index (χ1) is 31.3. The molecule has 0 aromatic rings. The Balaban J connectivity index is 4.31. The van der Waals surface area contributed by atoms with Crippen LogP contribution in [0.2, 0.25) is 0 Å². The summed E-state index contributed by atoms with van der Waals surface area (Å²) >= 11 is 0. The average molecular weight is 906 g/mol. The first-order valence-corrected chi connectivity index (χ1v) is 28.8. The number of esters is 3. The highest BCUT2D eigenvalue weighted by atomic mass is 16.6. The van der Waals surface area contributed by atoms with E-state index in [0.29, 0.717) is 19.3 Å². The molecule has 0 radical (unpaired) electrons. The zero-order valence-corrected chi connectivity index (χ0v) is 43.9. The van der Waals surface area contributed by atoms with Gasteiger partial charge in [-0.05, 0) is 31.1 Å². The quantitative estimate of drug-likeness (QED) is 0.0344. The maximum absolute atomic E-state index is 12.8. The first kappa shape index (κ1) is 62.4. The molecule has 0 N–H and O–H groups in total. The van der Waals surface area contributed by atoms with Gasteiger partial charge >= 0.3 is 17.9 Å².